The third-order valence-electron chi connectivity index (χ3n) is 3.85. The molecule has 24 heavy (non-hydrogen) atoms. The molecule has 1 aromatic rings. The van der Waals surface area contributed by atoms with E-state index in [2.05, 4.69) is 5.32 Å². The van der Waals surface area contributed by atoms with Crippen molar-refractivity contribution in [3.05, 3.63) is 57.6 Å². The van der Waals surface area contributed by atoms with Crippen LogP contribution in [0.4, 0.5) is 13.2 Å². The lowest BCUT2D eigenvalue weighted by atomic mass is 9.98. The minimum atomic E-state index is -4.46. The second-order valence-corrected chi connectivity index (χ2v) is 6.15. The highest BCUT2D eigenvalue weighted by molar-refractivity contribution is 6.30. The number of halogens is 4. The Morgan fingerprint density at radius 3 is 2.67 bits per heavy atom. The summed E-state index contributed by atoms with van der Waals surface area (Å²) in [6, 6.07) is 3.02. The molecule has 0 saturated carbocycles. The molecule has 4 nitrogen and oxygen atoms in total. The SMILES string of the molecule is C/C(N)=C/C1=C(N)NCCN1C(C)c1cc(Cl)ccc1C(F)(F)F. The van der Waals surface area contributed by atoms with Gasteiger partial charge in [-0.15, -0.1) is 0 Å². The number of rotatable bonds is 3. The van der Waals surface area contributed by atoms with Crippen LogP contribution in [0.2, 0.25) is 5.02 Å². The fourth-order valence-electron chi connectivity index (χ4n) is 2.76. The normalized spacial score (nSPS) is 17.8. The Labute approximate surface area is 143 Å². The number of benzene rings is 1. The highest BCUT2D eigenvalue weighted by Crippen LogP contribution is 2.39. The van der Waals surface area contributed by atoms with Crippen LogP contribution in [0, 0.1) is 0 Å². The zero-order chi connectivity index (χ0) is 18.1. The maximum atomic E-state index is 13.3. The van der Waals surface area contributed by atoms with Crippen LogP contribution >= 0.6 is 11.6 Å². The molecule has 0 bridgehead atoms. The molecule has 132 valence electrons. The van der Waals surface area contributed by atoms with Gasteiger partial charge >= 0.3 is 6.18 Å². The summed E-state index contributed by atoms with van der Waals surface area (Å²) >= 11 is 5.93. The van der Waals surface area contributed by atoms with Gasteiger partial charge in [-0.1, -0.05) is 11.6 Å². The summed E-state index contributed by atoms with van der Waals surface area (Å²) < 4.78 is 40.0. The van der Waals surface area contributed by atoms with Crippen LogP contribution in [0.25, 0.3) is 0 Å². The second-order valence-electron chi connectivity index (χ2n) is 5.71. The molecule has 1 aliphatic heterocycles. The van der Waals surface area contributed by atoms with Gasteiger partial charge in [-0.2, -0.15) is 13.2 Å². The van der Waals surface area contributed by atoms with Crippen LogP contribution in [0.3, 0.4) is 0 Å². The van der Waals surface area contributed by atoms with Gasteiger partial charge in [0.05, 0.1) is 17.3 Å². The van der Waals surface area contributed by atoms with Crippen molar-refractivity contribution < 1.29 is 13.2 Å². The van der Waals surface area contributed by atoms with E-state index in [9.17, 15) is 13.2 Å². The lowest BCUT2D eigenvalue weighted by Crippen LogP contribution is -2.42. The van der Waals surface area contributed by atoms with E-state index in [1.165, 1.54) is 12.1 Å². The molecule has 0 radical (unpaired) electrons. The fourth-order valence-corrected chi connectivity index (χ4v) is 2.94. The van der Waals surface area contributed by atoms with Crippen molar-refractivity contribution in [1.82, 2.24) is 10.2 Å². The molecule has 0 spiro atoms. The Morgan fingerprint density at radius 1 is 1.42 bits per heavy atom. The number of nitrogens with two attached hydrogens (primary N) is 2. The van der Waals surface area contributed by atoms with Crippen LogP contribution in [-0.2, 0) is 6.18 Å². The summed E-state index contributed by atoms with van der Waals surface area (Å²) in [6.07, 6.45) is -2.81. The fraction of sp³-hybridized carbons (Fsp3) is 0.375. The summed E-state index contributed by atoms with van der Waals surface area (Å²) in [5.74, 6) is 0.383. The van der Waals surface area contributed by atoms with Gasteiger partial charge in [0.25, 0.3) is 0 Å². The van der Waals surface area contributed by atoms with Gasteiger partial charge in [0.15, 0.2) is 0 Å². The van der Waals surface area contributed by atoms with Gasteiger partial charge in [0.2, 0.25) is 0 Å². The minimum absolute atomic E-state index is 0.102. The Bertz CT molecular complexity index is 678. The van der Waals surface area contributed by atoms with Crippen LogP contribution in [-0.4, -0.2) is 18.0 Å². The quantitative estimate of drug-likeness (QED) is 0.773. The molecule has 1 aromatic carbocycles. The van der Waals surface area contributed by atoms with E-state index < -0.39 is 17.8 Å². The molecule has 1 atom stereocenters. The molecule has 1 aliphatic rings. The van der Waals surface area contributed by atoms with Crippen molar-refractivity contribution in [2.24, 2.45) is 11.5 Å². The van der Waals surface area contributed by atoms with Crippen LogP contribution in [0.1, 0.15) is 31.0 Å². The second kappa shape index (κ2) is 6.84. The highest BCUT2D eigenvalue weighted by atomic mass is 35.5. The molecule has 0 aromatic heterocycles. The Kier molecular flexibility index (Phi) is 5.22. The molecular formula is C16H20ClF3N4. The number of alkyl halides is 3. The number of allylic oxidation sites excluding steroid dienone is 2. The van der Waals surface area contributed by atoms with E-state index in [-0.39, 0.29) is 10.6 Å². The highest BCUT2D eigenvalue weighted by Gasteiger charge is 2.36. The zero-order valence-electron chi connectivity index (χ0n) is 13.4. The van der Waals surface area contributed by atoms with Crippen molar-refractivity contribution in [3.8, 4) is 0 Å². The van der Waals surface area contributed by atoms with Gasteiger partial charge in [0, 0.05) is 23.8 Å². The predicted octanol–water partition coefficient (Wildman–Crippen LogP) is 3.32. The predicted molar refractivity (Wildman–Crippen MR) is 88.7 cm³/mol. The van der Waals surface area contributed by atoms with E-state index in [0.29, 0.717) is 30.3 Å². The Balaban J connectivity index is 2.51. The van der Waals surface area contributed by atoms with Gasteiger partial charge in [-0.25, -0.2) is 0 Å². The van der Waals surface area contributed by atoms with Gasteiger partial charge in [0.1, 0.15) is 5.82 Å². The first-order valence-corrected chi connectivity index (χ1v) is 7.79. The van der Waals surface area contributed by atoms with E-state index in [1.807, 2.05) is 0 Å². The summed E-state index contributed by atoms with van der Waals surface area (Å²) in [5.41, 5.74) is 12.2. The lowest BCUT2D eigenvalue weighted by molar-refractivity contribution is -0.138. The Hall–Kier alpha value is -2.02. The molecule has 8 heteroatoms. The Morgan fingerprint density at radius 2 is 2.08 bits per heavy atom. The molecule has 0 fully saturated rings. The summed E-state index contributed by atoms with van der Waals surface area (Å²) in [5, 5.41) is 3.25. The van der Waals surface area contributed by atoms with E-state index in [4.69, 9.17) is 23.1 Å². The molecule has 1 heterocycles. The van der Waals surface area contributed by atoms with Gasteiger partial charge < -0.3 is 21.7 Å². The van der Waals surface area contributed by atoms with Crippen LogP contribution in [0.15, 0.2) is 41.5 Å². The van der Waals surface area contributed by atoms with Crippen molar-refractivity contribution in [1.29, 1.82) is 0 Å². The monoisotopic (exact) mass is 360 g/mol. The first-order chi connectivity index (χ1) is 11.1. The molecule has 0 amide bonds. The molecule has 0 saturated heterocycles. The molecular weight excluding hydrogens is 341 g/mol. The maximum Gasteiger partial charge on any atom is 0.416 e. The average molecular weight is 361 g/mol. The molecule has 5 N–H and O–H groups in total. The van der Waals surface area contributed by atoms with Crippen molar-refractivity contribution >= 4 is 11.6 Å². The molecule has 2 rings (SSSR count). The van der Waals surface area contributed by atoms with Crippen LogP contribution < -0.4 is 16.8 Å². The van der Waals surface area contributed by atoms with Crippen molar-refractivity contribution in [2.45, 2.75) is 26.1 Å². The maximum absolute atomic E-state index is 13.3. The number of nitrogens with one attached hydrogen (secondary N) is 1. The van der Waals surface area contributed by atoms with Gasteiger partial charge in [-0.05, 0) is 43.7 Å². The van der Waals surface area contributed by atoms with Crippen LogP contribution in [0.5, 0.6) is 0 Å². The standard InChI is InChI=1S/C16H20ClF3N4/c1-9(21)7-14-15(22)23-5-6-24(14)10(2)12-8-11(17)3-4-13(12)16(18,19)20/h3-4,7-8,10,23H,5-6,21-22H2,1-2H3/b9-7-. The number of hydrogen-bond donors (Lipinski definition) is 3. The van der Waals surface area contributed by atoms with Crippen molar-refractivity contribution in [3.63, 3.8) is 0 Å². The number of nitrogens with zero attached hydrogens (tertiary/aromatic N) is 1. The largest absolute Gasteiger partial charge is 0.416 e. The third-order valence-corrected chi connectivity index (χ3v) is 4.09. The lowest BCUT2D eigenvalue weighted by Gasteiger charge is -2.37. The topological polar surface area (TPSA) is 67.3 Å². The molecule has 0 aliphatic carbocycles. The summed E-state index contributed by atoms with van der Waals surface area (Å²) in [7, 11) is 0. The first-order valence-electron chi connectivity index (χ1n) is 7.42. The van der Waals surface area contributed by atoms with E-state index in [0.717, 1.165) is 6.07 Å². The van der Waals surface area contributed by atoms with E-state index in [1.54, 1.807) is 24.8 Å². The van der Waals surface area contributed by atoms with E-state index >= 15 is 0 Å². The minimum Gasteiger partial charge on any atom is -0.402 e. The van der Waals surface area contributed by atoms with Crippen molar-refractivity contribution in [2.75, 3.05) is 13.1 Å². The first kappa shape index (κ1) is 18.3. The summed E-state index contributed by atoms with van der Waals surface area (Å²) in [6.45, 7) is 4.40. The average Bonchev–Trinajstić information content (AvgIpc) is 2.47. The van der Waals surface area contributed by atoms with Gasteiger partial charge in [-0.3, -0.25) is 0 Å². The third kappa shape index (κ3) is 3.90. The summed E-state index contributed by atoms with van der Waals surface area (Å²) in [4.78, 5) is 1.79. The molecule has 1 unspecified atom stereocenters. The smallest absolute Gasteiger partial charge is 0.402 e. The number of hydrogen-bond acceptors (Lipinski definition) is 4. The zero-order valence-corrected chi connectivity index (χ0v) is 14.2.